The zero-order valence-corrected chi connectivity index (χ0v) is 10.2. The van der Waals surface area contributed by atoms with Crippen molar-refractivity contribution in [2.45, 2.75) is 26.2 Å². The number of amides is 2. The highest BCUT2D eigenvalue weighted by Gasteiger charge is 2.61. The molecule has 2 heterocycles. The van der Waals surface area contributed by atoms with Crippen LogP contribution in [-0.4, -0.2) is 22.0 Å². The van der Waals surface area contributed by atoms with Gasteiger partial charge in [0.25, 0.3) is 0 Å². The molecule has 1 aromatic heterocycles. The minimum absolute atomic E-state index is 0.0244. The predicted octanol–water partition coefficient (Wildman–Crippen LogP) is 1.25. The summed E-state index contributed by atoms with van der Waals surface area (Å²) in [7, 11) is 0. The van der Waals surface area contributed by atoms with Crippen LogP contribution in [0.2, 0.25) is 0 Å². The summed E-state index contributed by atoms with van der Waals surface area (Å²) in [5.74, 6) is 1.16. The van der Waals surface area contributed by atoms with E-state index >= 15 is 0 Å². The molecule has 1 saturated heterocycles. The van der Waals surface area contributed by atoms with Gasteiger partial charge in [-0.15, -0.1) is 0 Å². The van der Waals surface area contributed by atoms with Gasteiger partial charge in [-0.05, 0) is 38.0 Å². The van der Waals surface area contributed by atoms with E-state index in [9.17, 15) is 9.59 Å². The maximum absolute atomic E-state index is 12.4. The molecule has 4 atom stereocenters. The molecule has 3 aliphatic rings. The second kappa shape index (κ2) is 3.22. The first-order valence-corrected chi connectivity index (χ1v) is 6.56. The molecule has 4 unspecified atom stereocenters. The molecule has 5 heteroatoms. The zero-order chi connectivity index (χ0) is 12.4. The highest BCUT2D eigenvalue weighted by molar-refractivity contribution is 6.22. The third-order valence-corrected chi connectivity index (χ3v) is 4.85. The fourth-order valence-electron chi connectivity index (χ4n) is 4.15. The highest BCUT2D eigenvalue weighted by Crippen LogP contribution is 2.56. The number of carbonyl (C=O) groups excluding carboxylic acids is 2. The molecule has 2 saturated carbocycles. The molecule has 94 valence electrons. The molecule has 5 nitrogen and oxygen atoms in total. The minimum Gasteiger partial charge on any atom is -0.281 e. The van der Waals surface area contributed by atoms with Crippen molar-refractivity contribution in [1.82, 2.24) is 10.2 Å². The Bertz CT molecular complexity index is 522. The quantitative estimate of drug-likeness (QED) is 0.757. The number of aryl methyl sites for hydroxylation is 1. The number of H-pyrrole nitrogens is 1. The van der Waals surface area contributed by atoms with Gasteiger partial charge in [0.2, 0.25) is 11.8 Å². The van der Waals surface area contributed by atoms with E-state index in [4.69, 9.17) is 0 Å². The minimum atomic E-state index is -0.0618. The number of nitrogens with one attached hydrogen (secondary N) is 1. The summed E-state index contributed by atoms with van der Waals surface area (Å²) in [6.07, 6.45) is 3.29. The molecule has 1 aliphatic heterocycles. The Hall–Kier alpha value is -1.65. The average Bonchev–Trinajstić information content (AvgIpc) is 3.05. The molecule has 4 rings (SSSR count). The summed E-state index contributed by atoms with van der Waals surface area (Å²) in [6, 6.07) is 1.76. The van der Waals surface area contributed by atoms with Crippen molar-refractivity contribution in [3.8, 4) is 0 Å². The molecule has 0 radical (unpaired) electrons. The second-order valence-electron chi connectivity index (χ2n) is 5.81. The first-order valence-electron chi connectivity index (χ1n) is 6.56. The van der Waals surface area contributed by atoms with Crippen LogP contribution in [0.25, 0.3) is 0 Å². The Kier molecular flexibility index (Phi) is 1.84. The molecule has 2 aliphatic carbocycles. The van der Waals surface area contributed by atoms with E-state index in [0.29, 0.717) is 17.7 Å². The molecule has 0 spiro atoms. The van der Waals surface area contributed by atoms with E-state index in [-0.39, 0.29) is 23.7 Å². The van der Waals surface area contributed by atoms with Crippen LogP contribution in [0.3, 0.4) is 0 Å². The summed E-state index contributed by atoms with van der Waals surface area (Å²) >= 11 is 0. The molecule has 1 N–H and O–H groups in total. The topological polar surface area (TPSA) is 66.1 Å². The van der Waals surface area contributed by atoms with Gasteiger partial charge in [0, 0.05) is 11.8 Å². The van der Waals surface area contributed by atoms with Gasteiger partial charge in [0.05, 0.1) is 11.8 Å². The maximum Gasteiger partial charge on any atom is 0.239 e. The fourth-order valence-corrected chi connectivity index (χ4v) is 4.15. The van der Waals surface area contributed by atoms with E-state index in [1.807, 2.05) is 6.92 Å². The van der Waals surface area contributed by atoms with E-state index < -0.39 is 0 Å². The third-order valence-electron chi connectivity index (χ3n) is 4.85. The van der Waals surface area contributed by atoms with Crippen LogP contribution in [0.1, 0.15) is 25.0 Å². The number of carbonyl (C=O) groups is 2. The maximum atomic E-state index is 12.4. The van der Waals surface area contributed by atoms with Gasteiger partial charge in [0.1, 0.15) is 0 Å². The lowest BCUT2D eigenvalue weighted by molar-refractivity contribution is -0.123. The van der Waals surface area contributed by atoms with E-state index in [2.05, 4.69) is 10.2 Å². The van der Waals surface area contributed by atoms with E-state index in [1.54, 1.807) is 6.07 Å². The number of hydrogen-bond donors (Lipinski definition) is 1. The molecule has 1 aromatic rings. The summed E-state index contributed by atoms with van der Waals surface area (Å²) in [4.78, 5) is 26.2. The predicted molar refractivity (Wildman–Crippen MR) is 63.6 cm³/mol. The number of rotatable bonds is 1. The van der Waals surface area contributed by atoms with Gasteiger partial charge >= 0.3 is 0 Å². The van der Waals surface area contributed by atoms with Gasteiger partial charge < -0.3 is 0 Å². The van der Waals surface area contributed by atoms with Crippen molar-refractivity contribution < 1.29 is 9.59 Å². The molecule has 2 bridgehead atoms. The Morgan fingerprint density at radius 2 is 1.83 bits per heavy atom. The lowest BCUT2D eigenvalue weighted by Gasteiger charge is -2.19. The van der Waals surface area contributed by atoms with E-state index in [1.165, 1.54) is 4.90 Å². The zero-order valence-electron chi connectivity index (χ0n) is 10.2. The SMILES string of the molecule is Cc1cc(N2C(=O)C3C4CCC(C4)C3C2=O)n[nH]1. The Balaban J connectivity index is 1.75. The number of anilines is 1. The number of fused-ring (bicyclic) bond motifs is 5. The average molecular weight is 245 g/mol. The van der Waals surface area contributed by atoms with Crippen LogP contribution in [0, 0.1) is 30.6 Å². The van der Waals surface area contributed by atoms with Gasteiger partial charge in [-0.3, -0.25) is 14.7 Å². The van der Waals surface area contributed by atoms with Crippen molar-refractivity contribution in [2.75, 3.05) is 4.90 Å². The van der Waals surface area contributed by atoms with Crippen molar-refractivity contribution in [2.24, 2.45) is 23.7 Å². The number of imide groups is 1. The Morgan fingerprint density at radius 1 is 1.22 bits per heavy atom. The van der Waals surface area contributed by atoms with Crippen LogP contribution in [0.5, 0.6) is 0 Å². The lowest BCUT2D eigenvalue weighted by Crippen LogP contribution is -2.33. The molecular formula is C13H15N3O2. The Labute approximate surface area is 105 Å². The van der Waals surface area contributed by atoms with Gasteiger partial charge in [0.15, 0.2) is 5.82 Å². The van der Waals surface area contributed by atoms with E-state index in [0.717, 1.165) is 25.0 Å². The monoisotopic (exact) mass is 245 g/mol. The number of nitrogens with zero attached hydrogens (tertiary/aromatic N) is 2. The van der Waals surface area contributed by atoms with Crippen molar-refractivity contribution in [3.63, 3.8) is 0 Å². The van der Waals surface area contributed by atoms with Crippen molar-refractivity contribution >= 4 is 17.6 Å². The van der Waals surface area contributed by atoms with Crippen LogP contribution in [0.15, 0.2) is 6.07 Å². The van der Waals surface area contributed by atoms with Crippen LogP contribution >= 0.6 is 0 Å². The second-order valence-corrected chi connectivity index (χ2v) is 5.81. The molecule has 0 aromatic carbocycles. The molecule has 2 amide bonds. The fraction of sp³-hybridized carbons (Fsp3) is 0.615. The number of aromatic nitrogens is 2. The first kappa shape index (κ1) is 10.3. The first-order chi connectivity index (χ1) is 8.66. The number of aromatic amines is 1. The normalized spacial score (nSPS) is 37.7. The third kappa shape index (κ3) is 1.09. The summed E-state index contributed by atoms with van der Waals surface area (Å²) < 4.78 is 0. The van der Waals surface area contributed by atoms with Gasteiger partial charge in [-0.25, -0.2) is 4.90 Å². The van der Waals surface area contributed by atoms with Gasteiger partial charge in [-0.2, -0.15) is 5.10 Å². The van der Waals surface area contributed by atoms with Gasteiger partial charge in [-0.1, -0.05) is 0 Å². The summed E-state index contributed by atoms with van der Waals surface area (Å²) in [5, 5.41) is 6.85. The largest absolute Gasteiger partial charge is 0.281 e. The van der Waals surface area contributed by atoms with Crippen molar-refractivity contribution in [1.29, 1.82) is 0 Å². The molecule has 18 heavy (non-hydrogen) atoms. The standard InChI is InChI=1S/C13H15N3O2/c1-6-4-9(15-14-6)16-12(17)10-7-2-3-8(5-7)11(10)13(16)18/h4,7-8,10-11H,2-3,5H2,1H3,(H,14,15). The Morgan fingerprint density at radius 3 is 2.33 bits per heavy atom. The van der Waals surface area contributed by atoms with Crippen LogP contribution < -0.4 is 4.90 Å². The smallest absolute Gasteiger partial charge is 0.239 e. The summed E-state index contributed by atoms with van der Waals surface area (Å²) in [6.45, 7) is 1.87. The lowest BCUT2D eigenvalue weighted by atomic mass is 9.81. The summed E-state index contributed by atoms with van der Waals surface area (Å²) in [5.41, 5.74) is 0.866. The number of hydrogen-bond acceptors (Lipinski definition) is 3. The van der Waals surface area contributed by atoms with Crippen LogP contribution in [-0.2, 0) is 9.59 Å². The van der Waals surface area contributed by atoms with Crippen molar-refractivity contribution in [3.05, 3.63) is 11.8 Å². The highest BCUT2D eigenvalue weighted by atomic mass is 16.2. The molecule has 3 fully saturated rings. The van der Waals surface area contributed by atoms with Crippen LogP contribution in [0.4, 0.5) is 5.82 Å². The molecular weight excluding hydrogens is 230 g/mol.